The Morgan fingerprint density at radius 2 is 1.39 bits per heavy atom. The highest BCUT2D eigenvalue weighted by Gasteiger charge is 2.52. The summed E-state index contributed by atoms with van der Waals surface area (Å²) in [6.07, 6.45) is -0.277. The second-order valence-corrected chi connectivity index (χ2v) is 7.10. The minimum atomic E-state index is -1.47. The normalized spacial score (nSPS) is 18.3. The highest BCUT2D eigenvalue weighted by molar-refractivity contribution is 6.00. The number of aliphatic hydroxyl groups excluding tert-OH is 1. The van der Waals surface area contributed by atoms with E-state index in [1.165, 1.54) is 0 Å². The lowest BCUT2D eigenvalue weighted by atomic mass is 9.71. The molecule has 1 unspecified atom stereocenters. The summed E-state index contributed by atoms with van der Waals surface area (Å²) >= 11 is 0. The van der Waals surface area contributed by atoms with Crippen LogP contribution in [0.15, 0.2) is 72.8 Å². The zero-order valence-electron chi connectivity index (χ0n) is 15.7. The van der Waals surface area contributed by atoms with Gasteiger partial charge in [0.05, 0.1) is 6.10 Å². The van der Waals surface area contributed by atoms with Gasteiger partial charge in [-0.3, -0.25) is 9.59 Å². The maximum absolute atomic E-state index is 13.0. The van der Waals surface area contributed by atoms with Crippen LogP contribution in [-0.4, -0.2) is 23.1 Å². The largest absolute Gasteiger partial charge is 0.460 e. The van der Waals surface area contributed by atoms with Crippen molar-refractivity contribution in [3.63, 3.8) is 0 Å². The Morgan fingerprint density at radius 1 is 0.929 bits per heavy atom. The van der Waals surface area contributed by atoms with Crippen molar-refractivity contribution < 1.29 is 24.2 Å². The molecule has 0 spiro atoms. The number of rotatable bonds is 6. The molecule has 0 radical (unpaired) electrons. The average molecular weight is 380 g/mol. The van der Waals surface area contributed by atoms with Crippen molar-refractivity contribution in [2.24, 2.45) is 5.41 Å². The third-order valence-corrected chi connectivity index (χ3v) is 5.05. The lowest BCUT2D eigenvalue weighted by Gasteiger charge is -2.35. The number of aliphatic hydroxyl groups is 1. The van der Waals surface area contributed by atoms with E-state index in [0.29, 0.717) is 5.57 Å². The van der Waals surface area contributed by atoms with E-state index in [0.717, 1.165) is 11.1 Å². The molecule has 146 valence electrons. The molecule has 0 heterocycles. The Morgan fingerprint density at radius 3 is 1.82 bits per heavy atom. The fraction of sp³-hybridized carbons (Fsp3) is 0.304. The molecule has 1 aliphatic carbocycles. The molecule has 0 saturated heterocycles. The molecule has 1 fully saturated rings. The van der Waals surface area contributed by atoms with E-state index in [9.17, 15) is 14.7 Å². The molecule has 1 N–H and O–H groups in total. The first-order valence-corrected chi connectivity index (χ1v) is 9.29. The number of hydrogen-bond acceptors (Lipinski definition) is 5. The molecule has 5 nitrogen and oxygen atoms in total. The van der Waals surface area contributed by atoms with Gasteiger partial charge in [-0.15, -0.1) is 0 Å². The summed E-state index contributed by atoms with van der Waals surface area (Å²) in [5, 5.41) is 9.99. The lowest BCUT2D eigenvalue weighted by molar-refractivity contribution is -0.176. The summed E-state index contributed by atoms with van der Waals surface area (Å²) in [4.78, 5) is 25.9. The van der Waals surface area contributed by atoms with Gasteiger partial charge >= 0.3 is 11.9 Å². The Balaban J connectivity index is 1.74. The number of esters is 2. The van der Waals surface area contributed by atoms with Crippen molar-refractivity contribution in [2.75, 3.05) is 0 Å². The van der Waals surface area contributed by atoms with Crippen molar-refractivity contribution in [1.29, 1.82) is 0 Å². The first kappa shape index (κ1) is 19.8. The van der Waals surface area contributed by atoms with Gasteiger partial charge in [-0.1, -0.05) is 67.2 Å². The van der Waals surface area contributed by atoms with Gasteiger partial charge in [-0.25, -0.2) is 0 Å². The predicted octanol–water partition coefficient (Wildman–Crippen LogP) is 3.56. The lowest BCUT2D eigenvalue weighted by Crippen LogP contribution is -2.46. The number of ether oxygens (including phenoxy) is 2. The molecule has 2 aromatic rings. The van der Waals surface area contributed by atoms with Crippen molar-refractivity contribution in [2.45, 2.75) is 38.6 Å². The Labute approximate surface area is 164 Å². The molecule has 0 aliphatic heterocycles. The summed E-state index contributed by atoms with van der Waals surface area (Å²) in [7, 11) is 0. The van der Waals surface area contributed by atoms with Gasteiger partial charge < -0.3 is 14.6 Å². The molecule has 1 atom stereocenters. The molecule has 3 rings (SSSR count). The topological polar surface area (TPSA) is 72.8 Å². The van der Waals surface area contributed by atoms with Gasteiger partial charge in [0, 0.05) is 0 Å². The highest BCUT2D eigenvalue weighted by Crippen LogP contribution is 2.41. The molecular weight excluding hydrogens is 356 g/mol. The predicted molar refractivity (Wildman–Crippen MR) is 104 cm³/mol. The second kappa shape index (κ2) is 8.85. The maximum Gasteiger partial charge on any atom is 0.324 e. The SMILES string of the molecule is C=C1CC(C(=O)OCc2ccccc2)(C(=O)OCc2ccccc2)CCC1O. The molecule has 0 aromatic heterocycles. The third kappa shape index (κ3) is 4.49. The van der Waals surface area contributed by atoms with Crippen LogP contribution >= 0.6 is 0 Å². The smallest absolute Gasteiger partial charge is 0.324 e. The summed E-state index contributed by atoms with van der Waals surface area (Å²) in [6, 6.07) is 18.5. The van der Waals surface area contributed by atoms with Gasteiger partial charge in [0.25, 0.3) is 0 Å². The summed E-state index contributed by atoms with van der Waals surface area (Å²) in [5.41, 5.74) is 0.635. The van der Waals surface area contributed by atoms with Crippen molar-refractivity contribution in [3.8, 4) is 0 Å². The van der Waals surface area contributed by atoms with Gasteiger partial charge in [-0.05, 0) is 36.0 Å². The molecule has 0 amide bonds. The number of hydrogen-bond donors (Lipinski definition) is 1. The van der Waals surface area contributed by atoms with Gasteiger partial charge in [0.1, 0.15) is 13.2 Å². The van der Waals surface area contributed by atoms with Gasteiger partial charge in [0.2, 0.25) is 0 Å². The zero-order chi connectivity index (χ0) is 20.0. The van der Waals surface area contributed by atoms with E-state index >= 15 is 0 Å². The standard InChI is InChI=1S/C23H24O5/c1-17-14-23(13-12-20(17)24,21(25)27-15-18-8-4-2-5-9-18)22(26)28-16-19-10-6-3-7-11-19/h2-11,20,24H,1,12-16H2. The first-order valence-electron chi connectivity index (χ1n) is 9.29. The highest BCUT2D eigenvalue weighted by atomic mass is 16.6. The second-order valence-electron chi connectivity index (χ2n) is 7.10. The summed E-state index contributed by atoms with van der Waals surface area (Å²) in [5.74, 6) is -1.27. The number of carbonyl (C=O) groups is 2. The molecule has 28 heavy (non-hydrogen) atoms. The van der Waals surface area contributed by atoms with Gasteiger partial charge in [0.15, 0.2) is 5.41 Å². The Bertz CT molecular complexity index is 773. The van der Waals surface area contributed by atoms with Crippen molar-refractivity contribution >= 4 is 11.9 Å². The zero-order valence-corrected chi connectivity index (χ0v) is 15.7. The van der Waals surface area contributed by atoms with E-state index in [1.807, 2.05) is 60.7 Å². The Hall–Kier alpha value is -2.92. The minimum Gasteiger partial charge on any atom is -0.460 e. The monoisotopic (exact) mass is 380 g/mol. The van der Waals surface area contributed by atoms with Crippen LogP contribution in [-0.2, 0) is 32.3 Å². The number of carbonyl (C=O) groups excluding carboxylic acids is 2. The fourth-order valence-electron chi connectivity index (χ4n) is 3.34. The molecule has 1 aliphatic rings. The van der Waals surface area contributed by atoms with Crippen LogP contribution in [0.2, 0.25) is 0 Å². The minimum absolute atomic E-state index is 0.0232. The van der Waals surface area contributed by atoms with Crippen LogP contribution in [0.25, 0.3) is 0 Å². The van der Waals surface area contributed by atoms with E-state index in [-0.39, 0.29) is 32.5 Å². The van der Waals surface area contributed by atoms with Gasteiger partial charge in [-0.2, -0.15) is 0 Å². The molecule has 0 bridgehead atoms. The van der Waals surface area contributed by atoms with Crippen LogP contribution in [0.1, 0.15) is 30.4 Å². The maximum atomic E-state index is 13.0. The van der Waals surface area contributed by atoms with E-state index in [4.69, 9.17) is 9.47 Å². The molecule has 1 saturated carbocycles. The van der Waals surface area contributed by atoms with Crippen LogP contribution in [0, 0.1) is 5.41 Å². The van der Waals surface area contributed by atoms with E-state index in [1.54, 1.807) is 0 Å². The fourth-order valence-corrected chi connectivity index (χ4v) is 3.34. The van der Waals surface area contributed by atoms with Crippen LogP contribution in [0.4, 0.5) is 0 Å². The molecule has 5 heteroatoms. The molecular formula is C23H24O5. The first-order chi connectivity index (χ1) is 13.5. The van der Waals surface area contributed by atoms with Crippen LogP contribution in [0.3, 0.4) is 0 Å². The summed E-state index contributed by atoms with van der Waals surface area (Å²) < 4.78 is 10.9. The van der Waals surface area contributed by atoms with Crippen molar-refractivity contribution in [3.05, 3.63) is 83.9 Å². The van der Waals surface area contributed by atoms with Crippen LogP contribution < -0.4 is 0 Å². The van der Waals surface area contributed by atoms with Crippen LogP contribution in [0.5, 0.6) is 0 Å². The average Bonchev–Trinajstić information content (AvgIpc) is 2.73. The van der Waals surface area contributed by atoms with E-state index < -0.39 is 23.5 Å². The Kier molecular flexibility index (Phi) is 6.26. The molecule has 2 aromatic carbocycles. The number of benzene rings is 2. The third-order valence-electron chi connectivity index (χ3n) is 5.05. The van der Waals surface area contributed by atoms with Crippen molar-refractivity contribution in [1.82, 2.24) is 0 Å². The summed E-state index contributed by atoms with van der Waals surface area (Å²) in [6.45, 7) is 3.97. The quantitative estimate of drug-likeness (QED) is 0.471. The van der Waals surface area contributed by atoms with E-state index in [2.05, 4.69) is 6.58 Å².